The standard InChI is InChI=1S/C14H22BrN3O2S/c1-11(10-18-6-2-3-7-18)9-17-21(19,20)14-5-4-12(16)8-13(14)15/h4-5,8,11,17H,2-3,6-7,9-10,16H2,1H3. The van der Waals surface area contributed by atoms with E-state index in [0.29, 0.717) is 16.7 Å². The predicted molar refractivity (Wildman–Crippen MR) is 88.6 cm³/mol. The van der Waals surface area contributed by atoms with Crippen LogP contribution in [0, 0.1) is 5.92 Å². The summed E-state index contributed by atoms with van der Waals surface area (Å²) in [6, 6.07) is 4.71. The second-order valence-electron chi connectivity index (χ2n) is 5.65. The monoisotopic (exact) mass is 375 g/mol. The number of nitrogens with zero attached hydrogens (tertiary/aromatic N) is 1. The molecule has 2 rings (SSSR count). The average Bonchev–Trinajstić information content (AvgIpc) is 2.89. The van der Waals surface area contributed by atoms with Crippen molar-refractivity contribution in [2.45, 2.75) is 24.7 Å². The number of anilines is 1. The van der Waals surface area contributed by atoms with Crippen LogP contribution in [0.3, 0.4) is 0 Å². The minimum Gasteiger partial charge on any atom is -0.399 e. The van der Waals surface area contributed by atoms with Gasteiger partial charge in [0.1, 0.15) is 0 Å². The van der Waals surface area contributed by atoms with Gasteiger partial charge in [-0.25, -0.2) is 13.1 Å². The van der Waals surface area contributed by atoms with Crippen LogP contribution in [0.5, 0.6) is 0 Å². The Hall–Kier alpha value is -0.630. The van der Waals surface area contributed by atoms with Crippen molar-refractivity contribution < 1.29 is 8.42 Å². The van der Waals surface area contributed by atoms with Gasteiger partial charge in [0.15, 0.2) is 0 Å². The van der Waals surface area contributed by atoms with Crippen LogP contribution in [0.4, 0.5) is 5.69 Å². The van der Waals surface area contributed by atoms with E-state index in [0.717, 1.165) is 19.6 Å². The van der Waals surface area contributed by atoms with Crippen LogP contribution in [0.2, 0.25) is 0 Å². The maximum atomic E-state index is 12.3. The molecular weight excluding hydrogens is 354 g/mol. The molecule has 0 amide bonds. The number of nitrogens with one attached hydrogen (secondary N) is 1. The summed E-state index contributed by atoms with van der Waals surface area (Å²) in [6.45, 7) is 5.70. The summed E-state index contributed by atoms with van der Waals surface area (Å²) < 4.78 is 27.8. The van der Waals surface area contributed by atoms with Crippen molar-refractivity contribution in [3.05, 3.63) is 22.7 Å². The van der Waals surface area contributed by atoms with E-state index in [4.69, 9.17) is 5.73 Å². The molecule has 1 heterocycles. The van der Waals surface area contributed by atoms with Crippen LogP contribution >= 0.6 is 15.9 Å². The molecule has 1 atom stereocenters. The van der Waals surface area contributed by atoms with E-state index in [2.05, 4.69) is 32.5 Å². The van der Waals surface area contributed by atoms with Crippen molar-refractivity contribution in [1.29, 1.82) is 0 Å². The van der Waals surface area contributed by atoms with Crippen LogP contribution < -0.4 is 10.5 Å². The molecular formula is C14H22BrN3O2S. The molecule has 1 fully saturated rings. The summed E-state index contributed by atoms with van der Waals surface area (Å²) in [6.07, 6.45) is 2.49. The largest absolute Gasteiger partial charge is 0.399 e. The van der Waals surface area contributed by atoms with Crippen molar-refractivity contribution in [1.82, 2.24) is 9.62 Å². The highest BCUT2D eigenvalue weighted by atomic mass is 79.9. The Morgan fingerprint density at radius 3 is 2.67 bits per heavy atom. The number of nitrogen functional groups attached to an aromatic ring is 1. The summed E-state index contributed by atoms with van der Waals surface area (Å²) in [5.41, 5.74) is 6.16. The lowest BCUT2D eigenvalue weighted by Gasteiger charge is -2.20. The van der Waals surface area contributed by atoms with Crippen molar-refractivity contribution in [2.75, 3.05) is 31.9 Å². The molecule has 1 unspecified atom stereocenters. The number of hydrogen-bond donors (Lipinski definition) is 2. The van der Waals surface area contributed by atoms with Gasteiger partial charge >= 0.3 is 0 Å². The highest BCUT2D eigenvalue weighted by Gasteiger charge is 2.20. The van der Waals surface area contributed by atoms with Gasteiger partial charge in [0, 0.05) is 23.2 Å². The van der Waals surface area contributed by atoms with Gasteiger partial charge in [0.2, 0.25) is 10.0 Å². The number of likely N-dealkylation sites (tertiary alicyclic amines) is 1. The Labute approximate surface area is 135 Å². The second kappa shape index (κ2) is 7.09. The molecule has 118 valence electrons. The number of sulfonamides is 1. The molecule has 1 aliphatic rings. The van der Waals surface area contributed by atoms with Crippen molar-refractivity contribution in [3.8, 4) is 0 Å². The normalized spacial score (nSPS) is 18.0. The number of nitrogens with two attached hydrogens (primary N) is 1. The maximum absolute atomic E-state index is 12.3. The van der Waals surface area contributed by atoms with E-state index in [1.54, 1.807) is 12.1 Å². The highest BCUT2D eigenvalue weighted by Crippen LogP contribution is 2.24. The first-order valence-corrected chi connectivity index (χ1v) is 9.43. The molecule has 1 aromatic carbocycles. The lowest BCUT2D eigenvalue weighted by atomic mass is 10.2. The summed E-state index contributed by atoms with van der Waals surface area (Å²) in [5, 5.41) is 0. The summed E-state index contributed by atoms with van der Waals surface area (Å²) in [7, 11) is -3.51. The fourth-order valence-corrected chi connectivity index (χ4v) is 4.79. The zero-order valence-corrected chi connectivity index (χ0v) is 14.6. The maximum Gasteiger partial charge on any atom is 0.241 e. The highest BCUT2D eigenvalue weighted by molar-refractivity contribution is 9.10. The van der Waals surface area contributed by atoms with Crippen LogP contribution in [0.1, 0.15) is 19.8 Å². The third-order valence-corrected chi connectivity index (χ3v) is 6.04. The van der Waals surface area contributed by atoms with Gasteiger partial charge in [-0.05, 0) is 66.0 Å². The van der Waals surface area contributed by atoms with Crippen LogP contribution in [0.15, 0.2) is 27.6 Å². The third kappa shape index (κ3) is 4.67. The van der Waals surface area contributed by atoms with Gasteiger partial charge in [-0.1, -0.05) is 6.92 Å². The molecule has 3 N–H and O–H groups in total. The first kappa shape index (κ1) is 16.7. The molecule has 0 spiro atoms. The van der Waals surface area contributed by atoms with E-state index in [1.165, 1.54) is 18.9 Å². The van der Waals surface area contributed by atoms with Gasteiger partial charge in [0.05, 0.1) is 4.90 Å². The number of benzene rings is 1. The van der Waals surface area contributed by atoms with Crippen molar-refractivity contribution >= 4 is 31.6 Å². The van der Waals surface area contributed by atoms with Gasteiger partial charge in [-0.2, -0.15) is 0 Å². The SMILES string of the molecule is CC(CNS(=O)(=O)c1ccc(N)cc1Br)CN1CCCC1. The minimum atomic E-state index is -3.51. The lowest BCUT2D eigenvalue weighted by molar-refractivity contribution is 0.288. The Balaban J connectivity index is 1.94. The number of rotatable bonds is 6. The van der Waals surface area contributed by atoms with E-state index >= 15 is 0 Å². The Bertz CT molecular complexity index is 586. The van der Waals surface area contributed by atoms with Gasteiger partial charge in [-0.3, -0.25) is 0 Å². The predicted octanol–water partition coefficient (Wildman–Crippen LogP) is 2.04. The summed E-state index contributed by atoms with van der Waals surface area (Å²) in [4.78, 5) is 2.61. The van der Waals surface area contributed by atoms with E-state index in [1.807, 2.05) is 0 Å². The molecule has 0 aliphatic carbocycles. The van der Waals surface area contributed by atoms with Crippen LogP contribution in [0.25, 0.3) is 0 Å². The molecule has 5 nitrogen and oxygen atoms in total. The molecule has 21 heavy (non-hydrogen) atoms. The lowest BCUT2D eigenvalue weighted by Crippen LogP contribution is -2.34. The molecule has 0 bridgehead atoms. The molecule has 0 saturated carbocycles. The first-order valence-electron chi connectivity index (χ1n) is 7.15. The van der Waals surface area contributed by atoms with Crippen LogP contribution in [-0.4, -0.2) is 39.5 Å². The Morgan fingerprint density at radius 1 is 1.38 bits per heavy atom. The quantitative estimate of drug-likeness (QED) is 0.745. The molecule has 1 aromatic rings. The average molecular weight is 376 g/mol. The molecule has 7 heteroatoms. The fraction of sp³-hybridized carbons (Fsp3) is 0.571. The molecule has 0 radical (unpaired) electrons. The van der Waals surface area contributed by atoms with E-state index in [9.17, 15) is 8.42 Å². The molecule has 1 aliphatic heterocycles. The zero-order valence-electron chi connectivity index (χ0n) is 12.2. The summed E-state index contributed by atoms with van der Waals surface area (Å²) >= 11 is 3.25. The Morgan fingerprint density at radius 2 is 2.05 bits per heavy atom. The zero-order chi connectivity index (χ0) is 15.5. The smallest absolute Gasteiger partial charge is 0.241 e. The third-order valence-electron chi connectivity index (χ3n) is 3.64. The van der Waals surface area contributed by atoms with Crippen LogP contribution in [-0.2, 0) is 10.0 Å². The Kier molecular flexibility index (Phi) is 5.65. The van der Waals surface area contributed by atoms with Gasteiger partial charge in [0.25, 0.3) is 0 Å². The summed E-state index contributed by atoms with van der Waals surface area (Å²) in [5.74, 6) is 0.283. The van der Waals surface area contributed by atoms with E-state index in [-0.39, 0.29) is 10.8 Å². The van der Waals surface area contributed by atoms with E-state index < -0.39 is 10.0 Å². The first-order chi connectivity index (χ1) is 9.88. The molecule has 1 saturated heterocycles. The fourth-order valence-electron chi connectivity index (χ4n) is 2.54. The minimum absolute atomic E-state index is 0.227. The second-order valence-corrected chi connectivity index (χ2v) is 8.24. The molecule has 0 aromatic heterocycles. The van der Waals surface area contributed by atoms with Gasteiger partial charge < -0.3 is 10.6 Å². The topological polar surface area (TPSA) is 75.4 Å². The number of hydrogen-bond acceptors (Lipinski definition) is 4. The van der Waals surface area contributed by atoms with Crippen molar-refractivity contribution in [2.24, 2.45) is 5.92 Å². The van der Waals surface area contributed by atoms with Gasteiger partial charge in [-0.15, -0.1) is 0 Å². The number of halogens is 1. The van der Waals surface area contributed by atoms with Crippen molar-refractivity contribution in [3.63, 3.8) is 0 Å².